The number of benzene rings is 1. The maximum atomic E-state index is 12.7. The van der Waals surface area contributed by atoms with E-state index < -0.39 is 0 Å². The van der Waals surface area contributed by atoms with Crippen molar-refractivity contribution in [1.82, 2.24) is 29.9 Å². The third-order valence-electron chi connectivity index (χ3n) is 5.19. The monoisotopic (exact) mass is 384 g/mol. The van der Waals surface area contributed by atoms with Crippen LogP contribution >= 0.6 is 0 Å². The van der Waals surface area contributed by atoms with Gasteiger partial charge in [0.2, 0.25) is 0 Å². The Balaban J connectivity index is 1.47. The summed E-state index contributed by atoms with van der Waals surface area (Å²) in [6.45, 7) is 3.17. The van der Waals surface area contributed by atoms with Crippen LogP contribution < -0.4 is 5.32 Å². The summed E-state index contributed by atoms with van der Waals surface area (Å²) in [5, 5.41) is 12.1. The summed E-state index contributed by atoms with van der Waals surface area (Å²) in [6.07, 6.45) is 4.47. The van der Waals surface area contributed by atoms with Crippen molar-refractivity contribution < 1.29 is 4.79 Å². The summed E-state index contributed by atoms with van der Waals surface area (Å²) >= 11 is 0. The molecule has 1 aliphatic heterocycles. The highest BCUT2D eigenvalue weighted by atomic mass is 16.1. The molecule has 0 unspecified atom stereocenters. The summed E-state index contributed by atoms with van der Waals surface area (Å²) in [7, 11) is 0. The largest absolute Gasteiger partial charge is 0.345 e. The Labute approximate surface area is 168 Å². The van der Waals surface area contributed by atoms with Crippen LogP contribution in [-0.4, -0.2) is 30.5 Å². The number of pyridine rings is 1. The summed E-state index contributed by atoms with van der Waals surface area (Å²) in [4.78, 5) is 16.9. The highest BCUT2D eigenvalue weighted by molar-refractivity contribution is 5.93. The van der Waals surface area contributed by atoms with Gasteiger partial charge >= 0.3 is 0 Å². The van der Waals surface area contributed by atoms with Gasteiger partial charge in [0.25, 0.3) is 5.91 Å². The molecule has 1 amide bonds. The standard InChI is InChI=1S/C22H20N6O/c1-15-6-2-3-8-19(15)28-21-16(13-25-28)9-11-27-20(21)12-18(26-27)22(29)24-14-17-7-4-5-10-23-17/h2-8,10,12-13H,9,11,14H2,1H3,(H,24,29). The number of nitrogens with one attached hydrogen (secondary N) is 1. The molecule has 0 fully saturated rings. The quantitative estimate of drug-likeness (QED) is 0.587. The van der Waals surface area contributed by atoms with E-state index in [2.05, 4.69) is 39.6 Å². The van der Waals surface area contributed by atoms with E-state index in [9.17, 15) is 4.79 Å². The van der Waals surface area contributed by atoms with E-state index >= 15 is 0 Å². The zero-order valence-corrected chi connectivity index (χ0v) is 16.0. The molecule has 1 N–H and O–H groups in total. The highest BCUT2D eigenvalue weighted by Crippen LogP contribution is 2.32. The minimum atomic E-state index is -0.207. The first kappa shape index (κ1) is 17.4. The molecule has 7 nitrogen and oxygen atoms in total. The van der Waals surface area contributed by atoms with Gasteiger partial charge in [-0.3, -0.25) is 14.5 Å². The molecule has 0 radical (unpaired) electrons. The maximum Gasteiger partial charge on any atom is 0.272 e. The van der Waals surface area contributed by atoms with Crippen molar-refractivity contribution in [3.05, 3.63) is 83.4 Å². The number of carbonyl (C=O) groups is 1. The molecule has 0 aliphatic carbocycles. The number of hydrogen-bond donors (Lipinski definition) is 1. The van der Waals surface area contributed by atoms with Crippen molar-refractivity contribution in [2.24, 2.45) is 0 Å². The first-order valence-corrected chi connectivity index (χ1v) is 9.60. The molecule has 5 rings (SSSR count). The summed E-state index contributed by atoms with van der Waals surface area (Å²) in [5.74, 6) is -0.207. The Bertz CT molecular complexity index is 1190. The smallest absolute Gasteiger partial charge is 0.272 e. The van der Waals surface area contributed by atoms with Crippen molar-refractivity contribution >= 4 is 5.91 Å². The van der Waals surface area contributed by atoms with Gasteiger partial charge < -0.3 is 5.32 Å². The highest BCUT2D eigenvalue weighted by Gasteiger charge is 2.25. The lowest BCUT2D eigenvalue weighted by atomic mass is 10.1. The van der Waals surface area contributed by atoms with Crippen molar-refractivity contribution in [3.63, 3.8) is 0 Å². The van der Waals surface area contributed by atoms with Gasteiger partial charge in [0, 0.05) is 18.3 Å². The molecule has 144 valence electrons. The molecule has 0 bridgehead atoms. The molecule has 0 saturated carbocycles. The van der Waals surface area contributed by atoms with E-state index in [0.717, 1.165) is 41.3 Å². The van der Waals surface area contributed by atoms with Crippen LogP contribution in [0.3, 0.4) is 0 Å². The lowest BCUT2D eigenvalue weighted by Crippen LogP contribution is -2.24. The minimum absolute atomic E-state index is 0.207. The first-order chi connectivity index (χ1) is 14.2. The number of aromatic nitrogens is 5. The van der Waals surface area contributed by atoms with Crippen LogP contribution in [-0.2, 0) is 19.5 Å². The van der Waals surface area contributed by atoms with Gasteiger partial charge in [0.05, 0.1) is 35.5 Å². The van der Waals surface area contributed by atoms with Crippen LogP contribution in [0.5, 0.6) is 0 Å². The second-order valence-electron chi connectivity index (χ2n) is 7.11. The first-order valence-electron chi connectivity index (χ1n) is 9.60. The molecule has 3 aromatic heterocycles. The van der Waals surface area contributed by atoms with Crippen molar-refractivity contribution in [1.29, 1.82) is 0 Å². The van der Waals surface area contributed by atoms with Gasteiger partial charge in [-0.1, -0.05) is 24.3 Å². The van der Waals surface area contributed by atoms with E-state index in [1.165, 1.54) is 5.56 Å². The van der Waals surface area contributed by atoms with Gasteiger partial charge in [-0.05, 0) is 43.2 Å². The minimum Gasteiger partial charge on any atom is -0.345 e. The van der Waals surface area contributed by atoms with Gasteiger partial charge in [-0.15, -0.1) is 0 Å². The molecule has 4 aromatic rings. The third-order valence-corrected chi connectivity index (χ3v) is 5.19. The maximum absolute atomic E-state index is 12.7. The van der Waals surface area contributed by atoms with Crippen molar-refractivity contribution in [2.45, 2.75) is 26.4 Å². The van der Waals surface area contributed by atoms with Crippen molar-refractivity contribution in [2.75, 3.05) is 0 Å². The molecule has 0 spiro atoms. The third kappa shape index (κ3) is 3.10. The Kier molecular flexibility index (Phi) is 4.20. The van der Waals surface area contributed by atoms with Gasteiger partial charge in [0.15, 0.2) is 5.69 Å². The zero-order chi connectivity index (χ0) is 19.8. The zero-order valence-electron chi connectivity index (χ0n) is 16.0. The number of para-hydroxylation sites is 1. The summed E-state index contributed by atoms with van der Waals surface area (Å²) < 4.78 is 3.85. The molecule has 7 heteroatoms. The Morgan fingerprint density at radius 3 is 2.86 bits per heavy atom. The molecule has 0 atom stereocenters. The van der Waals surface area contributed by atoms with E-state index in [-0.39, 0.29) is 5.91 Å². The molecule has 1 aromatic carbocycles. The molecule has 29 heavy (non-hydrogen) atoms. The number of hydrogen-bond acceptors (Lipinski definition) is 4. The van der Waals surface area contributed by atoms with Crippen LogP contribution in [0.1, 0.15) is 27.3 Å². The molecule has 1 aliphatic rings. The van der Waals surface area contributed by atoms with Crippen molar-refractivity contribution in [3.8, 4) is 17.1 Å². The summed E-state index contributed by atoms with van der Waals surface area (Å²) in [5.41, 5.74) is 6.47. The number of fused-ring (bicyclic) bond motifs is 3. The average Bonchev–Trinajstić information content (AvgIpc) is 3.37. The lowest BCUT2D eigenvalue weighted by Gasteiger charge is -2.17. The number of nitrogens with zero attached hydrogens (tertiary/aromatic N) is 5. The van der Waals surface area contributed by atoms with Crippen LogP contribution in [0.4, 0.5) is 0 Å². The van der Waals surface area contributed by atoms with Gasteiger partial charge in [-0.25, -0.2) is 4.68 Å². The second-order valence-corrected chi connectivity index (χ2v) is 7.11. The van der Waals surface area contributed by atoms with E-state index in [0.29, 0.717) is 12.2 Å². The van der Waals surface area contributed by atoms with E-state index in [1.54, 1.807) is 6.20 Å². The number of rotatable bonds is 4. The Hall–Kier alpha value is -3.74. The van der Waals surface area contributed by atoms with E-state index in [4.69, 9.17) is 0 Å². The SMILES string of the molecule is Cc1ccccc1-n1ncc2c1-c1cc(C(=O)NCc3ccccn3)nn1CC2. The Morgan fingerprint density at radius 2 is 2.03 bits per heavy atom. The lowest BCUT2D eigenvalue weighted by molar-refractivity contribution is 0.0944. The fourth-order valence-electron chi connectivity index (χ4n) is 3.70. The number of carbonyl (C=O) groups excluding carboxylic acids is 1. The van der Waals surface area contributed by atoms with E-state index in [1.807, 2.05) is 52.0 Å². The Morgan fingerprint density at radius 1 is 1.17 bits per heavy atom. The molecular formula is C22H20N6O. The number of amides is 1. The fourth-order valence-corrected chi connectivity index (χ4v) is 3.70. The normalized spacial score (nSPS) is 12.3. The molecule has 4 heterocycles. The van der Waals surface area contributed by atoms with Gasteiger partial charge in [0.1, 0.15) is 0 Å². The van der Waals surface area contributed by atoms with Crippen LogP contribution in [0, 0.1) is 6.92 Å². The topological polar surface area (TPSA) is 77.6 Å². The van der Waals surface area contributed by atoms with Crippen LogP contribution in [0.15, 0.2) is 60.9 Å². The molecular weight excluding hydrogens is 364 g/mol. The fraction of sp³-hybridized carbons (Fsp3) is 0.182. The second kappa shape index (κ2) is 7.01. The summed E-state index contributed by atoms with van der Waals surface area (Å²) in [6, 6.07) is 15.6. The average molecular weight is 384 g/mol. The van der Waals surface area contributed by atoms with Crippen LogP contribution in [0.2, 0.25) is 0 Å². The molecule has 0 saturated heterocycles. The van der Waals surface area contributed by atoms with Crippen LogP contribution in [0.25, 0.3) is 17.1 Å². The van der Waals surface area contributed by atoms with Gasteiger partial charge in [-0.2, -0.15) is 10.2 Å². The number of aryl methyl sites for hydroxylation is 3. The predicted molar refractivity (Wildman–Crippen MR) is 109 cm³/mol. The predicted octanol–water partition coefficient (Wildman–Crippen LogP) is 2.93.